The minimum atomic E-state index is -3.47. The van der Waals surface area contributed by atoms with Crippen molar-refractivity contribution in [2.45, 2.75) is 42.8 Å². The highest BCUT2D eigenvalue weighted by Gasteiger charge is 2.20. The van der Waals surface area contributed by atoms with E-state index in [1.807, 2.05) is 12.1 Å². The first-order valence-corrected chi connectivity index (χ1v) is 9.63. The predicted octanol–water partition coefficient (Wildman–Crippen LogP) is 1.02. The first-order chi connectivity index (χ1) is 11.1. The summed E-state index contributed by atoms with van der Waals surface area (Å²) in [4.78, 5) is 0.295. The summed E-state index contributed by atoms with van der Waals surface area (Å²) in [6.07, 6.45) is 2.94. The van der Waals surface area contributed by atoms with Crippen LogP contribution >= 0.6 is 0 Å². The van der Waals surface area contributed by atoms with E-state index in [9.17, 15) is 8.42 Å². The maximum absolute atomic E-state index is 12.3. The highest BCUT2D eigenvalue weighted by Crippen LogP contribution is 2.14. The van der Waals surface area contributed by atoms with Gasteiger partial charge in [0.15, 0.2) is 0 Å². The molecule has 0 aromatic heterocycles. The number of rotatable bonds is 7. The van der Waals surface area contributed by atoms with Gasteiger partial charge in [-0.05, 0) is 37.0 Å². The summed E-state index contributed by atoms with van der Waals surface area (Å²) in [6.45, 7) is 3.34. The molecule has 1 aromatic rings. The highest BCUT2D eigenvalue weighted by atomic mass is 32.2. The molecule has 0 spiro atoms. The molecule has 0 radical (unpaired) electrons. The maximum atomic E-state index is 12.3. The van der Waals surface area contributed by atoms with Gasteiger partial charge in [-0.1, -0.05) is 12.1 Å². The summed E-state index contributed by atoms with van der Waals surface area (Å²) in [5.74, 6) is 0. The summed E-state index contributed by atoms with van der Waals surface area (Å²) >= 11 is 0. The van der Waals surface area contributed by atoms with Crippen LogP contribution in [0.2, 0.25) is 0 Å². The smallest absolute Gasteiger partial charge is 0.240 e. The Labute approximate surface area is 137 Å². The van der Waals surface area contributed by atoms with Crippen molar-refractivity contribution in [3.05, 3.63) is 29.8 Å². The van der Waals surface area contributed by atoms with E-state index in [0.717, 1.165) is 51.2 Å². The topological polar surface area (TPSA) is 76.7 Å². The molecular weight excluding hydrogens is 316 g/mol. The van der Waals surface area contributed by atoms with Crippen molar-refractivity contribution in [3.63, 3.8) is 0 Å². The average molecular weight is 340 g/mol. The lowest BCUT2D eigenvalue weighted by Gasteiger charge is -2.13. The van der Waals surface area contributed by atoms with E-state index >= 15 is 0 Å². The van der Waals surface area contributed by atoms with Crippen molar-refractivity contribution >= 4 is 10.0 Å². The van der Waals surface area contributed by atoms with Crippen molar-refractivity contribution in [1.29, 1.82) is 0 Å². The van der Waals surface area contributed by atoms with Gasteiger partial charge < -0.3 is 14.8 Å². The van der Waals surface area contributed by atoms with Crippen molar-refractivity contribution in [1.82, 2.24) is 10.0 Å². The summed E-state index contributed by atoms with van der Waals surface area (Å²) in [7, 11) is -3.47. The van der Waals surface area contributed by atoms with Gasteiger partial charge in [-0.25, -0.2) is 13.1 Å². The molecule has 6 nitrogen and oxygen atoms in total. The van der Waals surface area contributed by atoms with Crippen LogP contribution in [0.1, 0.15) is 24.8 Å². The lowest BCUT2D eigenvalue weighted by Crippen LogP contribution is -2.32. The molecule has 2 atom stereocenters. The third-order valence-electron chi connectivity index (χ3n) is 4.28. The number of hydrogen-bond acceptors (Lipinski definition) is 5. The van der Waals surface area contributed by atoms with Gasteiger partial charge >= 0.3 is 0 Å². The summed E-state index contributed by atoms with van der Waals surface area (Å²) in [6, 6.07) is 7.40. The zero-order valence-corrected chi connectivity index (χ0v) is 14.0. The van der Waals surface area contributed by atoms with Crippen LogP contribution in [0.15, 0.2) is 29.2 Å². The molecule has 23 heavy (non-hydrogen) atoms. The molecule has 3 rings (SSSR count). The van der Waals surface area contributed by atoms with Crippen LogP contribution in [0.3, 0.4) is 0 Å². The first kappa shape index (κ1) is 16.9. The van der Waals surface area contributed by atoms with Crippen molar-refractivity contribution in [2.75, 3.05) is 26.4 Å². The van der Waals surface area contributed by atoms with Crippen LogP contribution in [-0.4, -0.2) is 46.9 Å². The third-order valence-corrected chi connectivity index (χ3v) is 5.72. The maximum Gasteiger partial charge on any atom is 0.240 e. The number of benzene rings is 1. The molecule has 0 aliphatic carbocycles. The Morgan fingerprint density at radius 1 is 1.13 bits per heavy atom. The van der Waals surface area contributed by atoms with Gasteiger partial charge in [0.25, 0.3) is 0 Å². The molecule has 128 valence electrons. The van der Waals surface area contributed by atoms with Crippen molar-refractivity contribution < 1.29 is 17.9 Å². The van der Waals surface area contributed by atoms with E-state index in [1.54, 1.807) is 12.1 Å². The SMILES string of the molecule is O=S(=O)(NCC1CCCO1)c1ccc(CNC2CCOC2)cc1. The molecule has 0 bridgehead atoms. The largest absolute Gasteiger partial charge is 0.380 e. The van der Waals surface area contributed by atoms with Gasteiger partial charge in [0.1, 0.15) is 0 Å². The zero-order valence-electron chi connectivity index (χ0n) is 13.2. The second-order valence-electron chi connectivity index (χ2n) is 6.07. The second-order valence-corrected chi connectivity index (χ2v) is 7.84. The molecule has 0 saturated carbocycles. The molecule has 2 fully saturated rings. The molecular formula is C16H24N2O4S. The molecule has 7 heteroatoms. The zero-order chi connectivity index (χ0) is 16.1. The van der Waals surface area contributed by atoms with E-state index in [1.165, 1.54) is 0 Å². The Hall–Kier alpha value is -0.990. The van der Waals surface area contributed by atoms with Crippen molar-refractivity contribution in [3.8, 4) is 0 Å². The van der Waals surface area contributed by atoms with Gasteiger partial charge in [-0.15, -0.1) is 0 Å². The Balaban J connectivity index is 1.52. The van der Waals surface area contributed by atoms with Gasteiger partial charge in [0, 0.05) is 32.3 Å². The van der Waals surface area contributed by atoms with Gasteiger partial charge in [-0.2, -0.15) is 0 Å². The minimum absolute atomic E-state index is 0.00174. The van der Waals surface area contributed by atoms with Gasteiger partial charge in [0.2, 0.25) is 10.0 Å². The molecule has 1 aromatic carbocycles. The van der Waals surface area contributed by atoms with E-state index in [4.69, 9.17) is 9.47 Å². The fourth-order valence-electron chi connectivity index (χ4n) is 2.84. The van der Waals surface area contributed by atoms with Crippen LogP contribution in [0.25, 0.3) is 0 Å². The molecule has 2 saturated heterocycles. The van der Waals surface area contributed by atoms with E-state index in [0.29, 0.717) is 17.5 Å². The lowest BCUT2D eigenvalue weighted by atomic mass is 10.2. The summed E-state index contributed by atoms with van der Waals surface area (Å²) in [5.41, 5.74) is 1.06. The highest BCUT2D eigenvalue weighted by molar-refractivity contribution is 7.89. The number of nitrogens with one attached hydrogen (secondary N) is 2. The normalized spacial score (nSPS) is 25.0. The predicted molar refractivity (Wildman–Crippen MR) is 86.7 cm³/mol. The molecule has 2 aliphatic rings. The van der Waals surface area contributed by atoms with Crippen molar-refractivity contribution in [2.24, 2.45) is 0 Å². The van der Waals surface area contributed by atoms with Crippen LogP contribution in [0, 0.1) is 0 Å². The number of sulfonamides is 1. The average Bonchev–Trinajstić information content (AvgIpc) is 3.25. The summed E-state index contributed by atoms with van der Waals surface area (Å²) in [5, 5.41) is 3.41. The number of hydrogen-bond donors (Lipinski definition) is 2. The van der Waals surface area contributed by atoms with Crippen LogP contribution in [-0.2, 0) is 26.0 Å². The first-order valence-electron chi connectivity index (χ1n) is 8.15. The monoisotopic (exact) mass is 340 g/mol. The fraction of sp³-hybridized carbons (Fsp3) is 0.625. The molecule has 2 unspecified atom stereocenters. The second kappa shape index (κ2) is 7.72. The molecule has 0 amide bonds. The van der Waals surface area contributed by atoms with Gasteiger partial charge in [0.05, 0.1) is 17.6 Å². The van der Waals surface area contributed by atoms with Crippen LogP contribution < -0.4 is 10.0 Å². The fourth-order valence-corrected chi connectivity index (χ4v) is 3.90. The summed E-state index contributed by atoms with van der Waals surface area (Å²) < 4.78 is 37.9. The van der Waals surface area contributed by atoms with E-state index in [-0.39, 0.29) is 6.10 Å². The van der Waals surface area contributed by atoms with E-state index < -0.39 is 10.0 Å². The van der Waals surface area contributed by atoms with E-state index in [2.05, 4.69) is 10.0 Å². The van der Waals surface area contributed by atoms with Crippen LogP contribution in [0.5, 0.6) is 0 Å². The lowest BCUT2D eigenvalue weighted by molar-refractivity contribution is 0.114. The molecule has 2 N–H and O–H groups in total. The Morgan fingerprint density at radius 3 is 2.61 bits per heavy atom. The number of ether oxygens (including phenoxy) is 2. The quantitative estimate of drug-likeness (QED) is 0.775. The molecule has 2 aliphatic heterocycles. The Kier molecular flexibility index (Phi) is 5.66. The molecule has 2 heterocycles. The Bertz CT molecular complexity index is 591. The Morgan fingerprint density at radius 2 is 1.96 bits per heavy atom. The standard InChI is InChI=1S/C16H24N2O4S/c19-23(20,18-11-15-2-1-8-22-15)16-5-3-13(4-6-16)10-17-14-7-9-21-12-14/h3-6,14-15,17-18H,1-2,7-12H2. The third kappa shape index (κ3) is 4.74. The van der Waals surface area contributed by atoms with Gasteiger partial charge in [-0.3, -0.25) is 0 Å². The van der Waals surface area contributed by atoms with Crippen LogP contribution in [0.4, 0.5) is 0 Å². The minimum Gasteiger partial charge on any atom is -0.380 e.